The minimum absolute atomic E-state index is 0.00651. The van der Waals surface area contributed by atoms with Crippen LogP contribution in [0.4, 0.5) is 10.1 Å². The molecule has 116 valence electrons. The lowest BCUT2D eigenvalue weighted by Gasteiger charge is -2.11. The Balaban J connectivity index is 1.64. The molecule has 0 bridgehead atoms. The Hall–Kier alpha value is -2.21. The van der Waals surface area contributed by atoms with E-state index in [0.29, 0.717) is 16.9 Å². The van der Waals surface area contributed by atoms with Gasteiger partial charge in [-0.2, -0.15) is 5.10 Å². The molecule has 2 N–H and O–H groups in total. The Labute approximate surface area is 127 Å². The third kappa shape index (κ3) is 3.33. The summed E-state index contributed by atoms with van der Waals surface area (Å²) in [5.74, 6) is -0.629. The Morgan fingerprint density at radius 2 is 2.14 bits per heavy atom. The quantitative estimate of drug-likeness (QED) is 0.892. The molecule has 0 aliphatic heterocycles. The van der Waals surface area contributed by atoms with E-state index in [2.05, 4.69) is 15.5 Å². The molecule has 22 heavy (non-hydrogen) atoms. The van der Waals surface area contributed by atoms with E-state index in [1.807, 2.05) is 0 Å². The first-order valence-electron chi connectivity index (χ1n) is 7.44. The molecule has 1 heterocycles. The van der Waals surface area contributed by atoms with Gasteiger partial charge in [0.25, 0.3) is 0 Å². The van der Waals surface area contributed by atoms with Crippen LogP contribution in [0.1, 0.15) is 25.7 Å². The average Bonchev–Trinajstić information content (AvgIpc) is 3.17. The van der Waals surface area contributed by atoms with Gasteiger partial charge in [0.1, 0.15) is 12.4 Å². The first-order chi connectivity index (χ1) is 10.7. The lowest BCUT2D eigenvalue weighted by molar-refractivity contribution is -0.122. The summed E-state index contributed by atoms with van der Waals surface area (Å²) in [5, 5.41) is 9.32. The number of H-pyrrole nitrogens is 1. The number of benzene rings is 1. The number of carbonyl (C=O) groups excluding carboxylic acids is 1. The zero-order chi connectivity index (χ0) is 15.4. The van der Waals surface area contributed by atoms with Gasteiger partial charge in [0.15, 0.2) is 0 Å². The zero-order valence-electron chi connectivity index (χ0n) is 12.1. The van der Waals surface area contributed by atoms with Crippen molar-refractivity contribution in [1.82, 2.24) is 10.2 Å². The van der Waals surface area contributed by atoms with Crippen molar-refractivity contribution in [1.29, 1.82) is 0 Å². The van der Waals surface area contributed by atoms with E-state index in [9.17, 15) is 9.18 Å². The lowest BCUT2D eigenvalue weighted by atomic mass is 10.1. The number of nitrogens with zero attached hydrogens (tertiary/aromatic N) is 1. The second-order valence-electron chi connectivity index (χ2n) is 5.40. The Bertz CT molecular complexity index is 650. The molecule has 5 nitrogen and oxygen atoms in total. The van der Waals surface area contributed by atoms with Gasteiger partial charge in [0, 0.05) is 5.56 Å². The van der Waals surface area contributed by atoms with Crippen molar-refractivity contribution in [3.05, 3.63) is 36.3 Å². The van der Waals surface area contributed by atoms with Crippen molar-refractivity contribution in [2.45, 2.75) is 31.8 Å². The maximum atomic E-state index is 13.8. The number of anilines is 1. The van der Waals surface area contributed by atoms with Gasteiger partial charge in [-0.15, -0.1) is 0 Å². The fraction of sp³-hybridized carbons (Fsp3) is 0.375. The van der Waals surface area contributed by atoms with Crippen LogP contribution < -0.4 is 5.32 Å². The lowest BCUT2D eigenvalue weighted by Crippen LogP contribution is -2.22. The third-order valence-electron chi connectivity index (χ3n) is 3.81. The third-order valence-corrected chi connectivity index (χ3v) is 3.81. The molecule has 1 aliphatic carbocycles. The molecule has 6 heteroatoms. The Morgan fingerprint density at radius 1 is 1.36 bits per heavy atom. The van der Waals surface area contributed by atoms with Crippen LogP contribution >= 0.6 is 0 Å². The molecule has 1 saturated carbocycles. The largest absolute Gasteiger partial charge is 0.368 e. The van der Waals surface area contributed by atoms with E-state index < -0.39 is 0 Å². The van der Waals surface area contributed by atoms with Gasteiger partial charge in [0.05, 0.1) is 23.7 Å². The van der Waals surface area contributed by atoms with E-state index in [1.54, 1.807) is 18.2 Å². The number of hydrogen-bond acceptors (Lipinski definition) is 3. The second-order valence-corrected chi connectivity index (χ2v) is 5.40. The number of aromatic nitrogens is 2. The molecule has 0 spiro atoms. The summed E-state index contributed by atoms with van der Waals surface area (Å²) in [5.41, 5.74) is 1.27. The average molecular weight is 303 g/mol. The van der Waals surface area contributed by atoms with Crippen molar-refractivity contribution in [2.75, 3.05) is 11.9 Å². The van der Waals surface area contributed by atoms with Crippen LogP contribution in [0.2, 0.25) is 0 Å². The van der Waals surface area contributed by atoms with Gasteiger partial charge >= 0.3 is 0 Å². The zero-order valence-corrected chi connectivity index (χ0v) is 12.1. The molecule has 2 aromatic rings. The molecular formula is C16H18FN3O2. The molecule has 0 radical (unpaired) electrons. The molecule has 0 atom stereocenters. The first kappa shape index (κ1) is 14.7. The smallest absolute Gasteiger partial charge is 0.250 e. The molecule has 0 saturated heterocycles. The summed E-state index contributed by atoms with van der Waals surface area (Å²) in [4.78, 5) is 12.0. The van der Waals surface area contributed by atoms with Gasteiger partial charge in [-0.1, -0.05) is 25.0 Å². The van der Waals surface area contributed by atoms with Crippen molar-refractivity contribution in [3.8, 4) is 11.3 Å². The number of hydrogen-bond donors (Lipinski definition) is 2. The van der Waals surface area contributed by atoms with Gasteiger partial charge in [0.2, 0.25) is 5.91 Å². The first-order valence-corrected chi connectivity index (χ1v) is 7.44. The van der Waals surface area contributed by atoms with E-state index in [-0.39, 0.29) is 24.4 Å². The molecular weight excluding hydrogens is 285 g/mol. The van der Waals surface area contributed by atoms with Gasteiger partial charge in [-0.05, 0) is 25.0 Å². The summed E-state index contributed by atoms with van der Waals surface area (Å²) >= 11 is 0. The van der Waals surface area contributed by atoms with Gasteiger partial charge < -0.3 is 10.1 Å². The summed E-state index contributed by atoms with van der Waals surface area (Å²) in [6.07, 6.45) is 5.99. The van der Waals surface area contributed by atoms with Crippen molar-refractivity contribution >= 4 is 11.6 Å². The minimum atomic E-state index is -0.371. The normalized spacial score (nSPS) is 15.1. The van der Waals surface area contributed by atoms with Crippen molar-refractivity contribution in [2.24, 2.45) is 0 Å². The number of nitrogens with one attached hydrogen (secondary N) is 2. The number of halogens is 1. The van der Waals surface area contributed by atoms with Crippen molar-refractivity contribution < 1.29 is 13.9 Å². The van der Waals surface area contributed by atoms with E-state index in [4.69, 9.17) is 4.74 Å². The monoisotopic (exact) mass is 303 g/mol. The van der Waals surface area contributed by atoms with Crippen LogP contribution in [0.25, 0.3) is 11.3 Å². The molecule has 1 aromatic heterocycles. The highest BCUT2D eigenvalue weighted by Crippen LogP contribution is 2.27. The molecule has 1 aromatic carbocycles. The van der Waals surface area contributed by atoms with Crippen LogP contribution in [0, 0.1) is 5.82 Å². The highest BCUT2D eigenvalue weighted by Gasteiger charge is 2.18. The molecule has 0 unspecified atom stereocenters. The molecule has 1 aliphatic rings. The number of ether oxygens (including phenoxy) is 1. The predicted octanol–water partition coefficient (Wildman–Crippen LogP) is 3.11. The van der Waals surface area contributed by atoms with E-state index >= 15 is 0 Å². The molecule has 1 fully saturated rings. The minimum Gasteiger partial charge on any atom is -0.368 e. The number of rotatable bonds is 5. The summed E-state index contributed by atoms with van der Waals surface area (Å²) < 4.78 is 19.4. The van der Waals surface area contributed by atoms with Crippen LogP contribution in [-0.2, 0) is 9.53 Å². The number of aromatic amines is 1. The van der Waals surface area contributed by atoms with Crippen LogP contribution in [-0.4, -0.2) is 28.8 Å². The summed E-state index contributed by atoms with van der Waals surface area (Å²) in [6, 6.07) is 6.34. The van der Waals surface area contributed by atoms with Crippen molar-refractivity contribution in [3.63, 3.8) is 0 Å². The van der Waals surface area contributed by atoms with Gasteiger partial charge in [-0.3, -0.25) is 9.89 Å². The Morgan fingerprint density at radius 3 is 2.91 bits per heavy atom. The molecule has 3 rings (SSSR count). The van der Waals surface area contributed by atoms with E-state index in [1.165, 1.54) is 12.3 Å². The highest BCUT2D eigenvalue weighted by molar-refractivity contribution is 5.95. The van der Waals surface area contributed by atoms with Crippen LogP contribution in [0.5, 0.6) is 0 Å². The van der Waals surface area contributed by atoms with E-state index in [0.717, 1.165) is 25.7 Å². The summed E-state index contributed by atoms with van der Waals surface area (Å²) in [6.45, 7) is 0.00651. The number of carbonyl (C=O) groups is 1. The topological polar surface area (TPSA) is 67.0 Å². The fourth-order valence-corrected chi connectivity index (χ4v) is 2.69. The SMILES string of the molecule is O=C(COC1CCCC1)Nc1cn[nH]c1-c1ccccc1F. The number of amides is 1. The maximum Gasteiger partial charge on any atom is 0.250 e. The standard InChI is InChI=1S/C16H18FN3O2/c17-13-8-4-3-7-12(13)16-14(9-18-20-16)19-15(21)10-22-11-5-1-2-6-11/h3-4,7-9,11H,1-2,5-6,10H2,(H,18,20)(H,19,21). The van der Waals surface area contributed by atoms with Crippen LogP contribution in [0.15, 0.2) is 30.5 Å². The summed E-state index contributed by atoms with van der Waals surface area (Å²) in [7, 11) is 0. The second kappa shape index (κ2) is 6.70. The maximum absolute atomic E-state index is 13.8. The van der Waals surface area contributed by atoms with Crippen LogP contribution in [0.3, 0.4) is 0 Å². The predicted molar refractivity (Wildman–Crippen MR) is 80.8 cm³/mol. The fourth-order valence-electron chi connectivity index (χ4n) is 2.69. The van der Waals surface area contributed by atoms with Gasteiger partial charge in [-0.25, -0.2) is 4.39 Å². The highest BCUT2D eigenvalue weighted by atomic mass is 19.1. The molecule has 1 amide bonds. The Kier molecular flexibility index (Phi) is 4.48.